The highest BCUT2D eigenvalue weighted by Gasteiger charge is 2.08. The van der Waals surface area contributed by atoms with Crippen molar-refractivity contribution in [1.82, 2.24) is 4.98 Å². The SMILES string of the molecule is NCc1cc(C(=O)OCc2ccccc2)ccn1. The minimum atomic E-state index is -0.365. The van der Waals surface area contributed by atoms with Crippen molar-refractivity contribution in [3.05, 3.63) is 65.5 Å². The average Bonchev–Trinajstić information content (AvgIpc) is 2.46. The summed E-state index contributed by atoms with van der Waals surface area (Å²) in [5, 5.41) is 0. The maximum atomic E-state index is 11.8. The van der Waals surface area contributed by atoms with E-state index < -0.39 is 0 Å². The van der Waals surface area contributed by atoms with E-state index in [-0.39, 0.29) is 12.6 Å². The van der Waals surface area contributed by atoms with Crippen molar-refractivity contribution in [1.29, 1.82) is 0 Å². The lowest BCUT2D eigenvalue weighted by atomic mass is 10.2. The fraction of sp³-hybridized carbons (Fsp3) is 0.143. The predicted octanol–water partition coefficient (Wildman–Crippen LogP) is 1.90. The molecule has 0 saturated carbocycles. The van der Waals surface area contributed by atoms with Crippen LogP contribution in [0.2, 0.25) is 0 Å². The van der Waals surface area contributed by atoms with Crippen molar-refractivity contribution in [2.24, 2.45) is 5.73 Å². The summed E-state index contributed by atoms with van der Waals surface area (Å²) in [7, 11) is 0. The molecular weight excluding hydrogens is 228 g/mol. The van der Waals surface area contributed by atoms with Crippen LogP contribution in [-0.2, 0) is 17.9 Å². The summed E-state index contributed by atoms with van der Waals surface area (Å²) < 4.78 is 5.21. The Morgan fingerprint density at radius 1 is 1.22 bits per heavy atom. The van der Waals surface area contributed by atoms with Crippen LogP contribution < -0.4 is 5.73 Å². The number of hydrogen-bond acceptors (Lipinski definition) is 4. The minimum absolute atomic E-state index is 0.264. The zero-order valence-corrected chi connectivity index (χ0v) is 9.87. The number of carbonyl (C=O) groups is 1. The van der Waals surface area contributed by atoms with E-state index in [9.17, 15) is 4.79 Å². The number of carbonyl (C=O) groups excluding carboxylic acids is 1. The van der Waals surface area contributed by atoms with E-state index in [0.29, 0.717) is 17.8 Å². The fourth-order valence-corrected chi connectivity index (χ4v) is 1.52. The van der Waals surface area contributed by atoms with Crippen LogP contribution in [0.1, 0.15) is 21.6 Å². The van der Waals surface area contributed by atoms with Gasteiger partial charge in [-0.05, 0) is 17.7 Å². The number of nitrogens with two attached hydrogens (primary N) is 1. The number of esters is 1. The van der Waals surface area contributed by atoms with E-state index in [1.807, 2.05) is 30.3 Å². The van der Waals surface area contributed by atoms with Gasteiger partial charge < -0.3 is 10.5 Å². The van der Waals surface area contributed by atoms with E-state index >= 15 is 0 Å². The molecule has 18 heavy (non-hydrogen) atoms. The molecule has 0 spiro atoms. The second-order valence-corrected chi connectivity index (χ2v) is 3.80. The normalized spacial score (nSPS) is 10.1. The van der Waals surface area contributed by atoms with Crippen molar-refractivity contribution in [2.45, 2.75) is 13.2 Å². The third kappa shape index (κ3) is 3.15. The van der Waals surface area contributed by atoms with Crippen LogP contribution in [0.5, 0.6) is 0 Å². The van der Waals surface area contributed by atoms with Crippen molar-refractivity contribution in [3.63, 3.8) is 0 Å². The van der Waals surface area contributed by atoms with Crippen molar-refractivity contribution >= 4 is 5.97 Å². The standard InChI is InChI=1S/C14H14N2O2/c15-9-13-8-12(6-7-16-13)14(17)18-10-11-4-2-1-3-5-11/h1-8H,9-10,15H2. The number of hydrogen-bond donors (Lipinski definition) is 1. The first-order chi connectivity index (χ1) is 8.79. The Kier molecular flexibility index (Phi) is 4.04. The molecule has 4 heteroatoms. The van der Waals surface area contributed by atoms with Gasteiger partial charge in [0.05, 0.1) is 11.3 Å². The van der Waals surface area contributed by atoms with Gasteiger partial charge in [-0.3, -0.25) is 4.98 Å². The van der Waals surface area contributed by atoms with Crippen LogP contribution in [0.15, 0.2) is 48.7 Å². The number of pyridine rings is 1. The van der Waals surface area contributed by atoms with Crippen LogP contribution in [0.25, 0.3) is 0 Å². The van der Waals surface area contributed by atoms with E-state index in [1.54, 1.807) is 18.3 Å². The molecule has 0 amide bonds. The molecule has 1 heterocycles. The molecule has 92 valence electrons. The molecule has 0 radical (unpaired) electrons. The Hall–Kier alpha value is -2.20. The van der Waals surface area contributed by atoms with Crippen molar-refractivity contribution < 1.29 is 9.53 Å². The maximum absolute atomic E-state index is 11.8. The third-order valence-corrected chi connectivity index (χ3v) is 2.47. The molecule has 0 aliphatic heterocycles. The molecule has 0 bridgehead atoms. The molecule has 1 aromatic heterocycles. The lowest BCUT2D eigenvalue weighted by molar-refractivity contribution is 0.0472. The summed E-state index contributed by atoms with van der Waals surface area (Å²) in [6, 6.07) is 12.8. The fourth-order valence-electron chi connectivity index (χ4n) is 1.52. The first kappa shape index (κ1) is 12.3. The molecule has 0 aliphatic rings. The summed E-state index contributed by atoms with van der Waals surface area (Å²) in [4.78, 5) is 15.8. The van der Waals surface area contributed by atoms with Gasteiger partial charge in [-0.15, -0.1) is 0 Å². The zero-order valence-electron chi connectivity index (χ0n) is 9.87. The van der Waals surface area contributed by atoms with E-state index in [1.165, 1.54) is 0 Å². The average molecular weight is 242 g/mol. The minimum Gasteiger partial charge on any atom is -0.457 e. The largest absolute Gasteiger partial charge is 0.457 e. The second kappa shape index (κ2) is 5.93. The van der Waals surface area contributed by atoms with Gasteiger partial charge in [0.25, 0.3) is 0 Å². The van der Waals surface area contributed by atoms with E-state index in [4.69, 9.17) is 10.5 Å². The zero-order chi connectivity index (χ0) is 12.8. The molecule has 0 saturated heterocycles. The molecule has 0 fully saturated rings. The van der Waals surface area contributed by atoms with Gasteiger partial charge in [0.15, 0.2) is 0 Å². The van der Waals surface area contributed by atoms with Crippen LogP contribution in [-0.4, -0.2) is 11.0 Å². The summed E-state index contributed by atoms with van der Waals surface area (Å²) in [6.07, 6.45) is 1.56. The number of rotatable bonds is 4. The summed E-state index contributed by atoms with van der Waals surface area (Å²) in [6.45, 7) is 0.569. The Labute approximate surface area is 105 Å². The maximum Gasteiger partial charge on any atom is 0.338 e. The number of nitrogens with zero attached hydrogens (tertiary/aromatic N) is 1. The predicted molar refractivity (Wildman–Crippen MR) is 67.7 cm³/mol. The number of ether oxygens (including phenoxy) is 1. The monoisotopic (exact) mass is 242 g/mol. The number of aromatic nitrogens is 1. The Morgan fingerprint density at radius 2 is 2.00 bits per heavy atom. The van der Waals surface area contributed by atoms with Gasteiger partial charge in [-0.25, -0.2) is 4.79 Å². The van der Waals surface area contributed by atoms with Crippen molar-refractivity contribution in [2.75, 3.05) is 0 Å². The van der Waals surface area contributed by atoms with Gasteiger partial charge in [0, 0.05) is 12.7 Å². The summed E-state index contributed by atoms with van der Waals surface area (Å²) in [5.74, 6) is -0.365. The quantitative estimate of drug-likeness (QED) is 0.831. The van der Waals surface area contributed by atoms with Crippen molar-refractivity contribution in [3.8, 4) is 0 Å². The molecular formula is C14H14N2O2. The molecule has 0 atom stereocenters. The highest BCUT2D eigenvalue weighted by atomic mass is 16.5. The van der Waals surface area contributed by atoms with E-state index in [0.717, 1.165) is 5.56 Å². The lowest BCUT2D eigenvalue weighted by Gasteiger charge is -2.05. The van der Waals surface area contributed by atoms with Crippen LogP contribution in [0.3, 0.4) is 0 Å². The van der Waals surface area contributed by atoms with Crippen LogP contribution in [0.4, 0.5) is 0 Å². The van der Waals surface area contributed by atoms with Gasteiger partial charge in [-0.2, -0.15) is 0 Å². The molecule has 2 aromatic rings. The topological polar surface area (TPSA) is 65.2 Å². The lowest BCUT2D eigenvalue weighted by Crippen LogP contribution is -2.07. The highest BCUT2D eigenvalue weighted by molar-refractivity contribution is 5.89. The molecule has 1 aromatic carbocycles. The van der Waals surface area contributed by atoms with Crippen LogP contribution >= 0.6 is 0 Å². The molecule has 4 nitrogen and oxygen atoms in total. The Morgan fingerprint density at radius 3 is 2.72 bits per heavy atom. The van der Waals surface area contributed by atoms with E-state index in [2.05, 4.69) is 4.98 Å². The van der Waals surface area contributed by atoms with Gasteiger partial charge in [0.2, 0.25) is 0 Å². The Bertz CT molecular complexity index is 526. The van der Waals surface area contributed by atoms with Gasteiger partial charge >= 0.3 is 5.97 Å². The third-order valence-electron chi connectivity index (χ3n) is 2.47. The van der Waals surface area contributed by atoms with Crippen LogP contribution in [0, 0.1) is 0 Å². The highest BCUT2D eigenvalue weighted by Crippen LogP contribution is 2.07. The first-order valence-electron chi connectivity index (χ1n) is 5.65. The molecule has 2 N–H and O–H groups in total. The summed E-state index contributed by atoms with van der Waals surface area (Å²) in [5.41, 5.74) is 7.57. The molecule has 2 rings (SSSR count). The molecule has 0 aliphatic carbocycles. The second-order valence-electron chi connectivity index (χ2n) is 3.80. The van der Waals surface area contributed by atoms with Gasteiger partial charge in [0.1, 0.15) is 6.61 Å². The summed E-state index contributed by atoms with van der Waals surface area (Å²) >= 11 is 0. The smallest absolute Gasteiger partial charge is 0.338 e. The molecule has 0 unspecified atom stereocenters. The number of benzene rings is 1. The first-order valence-corrected chi connectivity index (χ1v) is 5.65. The van der Waals surface area contributed by atoms with Gasteiger partial charge in [-0.1, -0.05) is 30.3 Å². The Balaban J connectivity index is 1.99.